The SMILES string of the molecule is CCCOP(=O)(C=CCl)c1ccccc1. The molecule has 1 atom stereocenters. The third-order valence-corrected chi connectivity index (χ3v) is 4.28. The maximum absolute atomic E-state index is 12.4. The first-order valence-electron chi connectivity index (χ1n) is 4.80. The van der Waals surface area contributed by atoms with Gasteiger partial charge in [-0.15, -0.1) is 0 Å². The van der Waals surface area contributed by atoms with Crippen LogP contribution in [0.2, 0.25) is 0 Å². The van der Waals surface area contributed by atoms with Gasteiger partial charge in [0.2, 0.25) is 0 Å². The highest BCUT2D eigenvalue weighted by molar-refractivity contribution is 7.70. The molecule has 0 heterocycles. The fourth-order valence-electron chi connectivity index (χ4n) is 1.14. The van der Waals surface area contributed by atoms with E-state index in [4.69, 9.17) is 16.1 Å². The standard InChI is InChI=1S/C11H14ClO2P/c1-2-9-14-15(13,10-8-12)11-6-4-3-5-7-11/h3-8,10H,2,9H2,1H3. The average Bonchev–Trinajstić information content (AvgIpc) is 2.28. The van der Waals surface area contributed by atoms with E-state index in [1.54, 1.807) is 12.1 Å². The molecular weight excluding hydrogens is 231 g/mol. The Kier molecular flexibility index (Phi) is 5.10. The molecule has 0 spiro atoms. The van der Waals surface area contributed by atoms with E-state index in [9.17, 15) is 4.57 Å². The van der Waals surface area contributed by atoms with E-state index in [-0.39, 0.29) is 0 Å². The summed E-state index contributed by atoms with van der Waals surface area (Å²) in [5.74, 6) is 1.43. The molecule has 0 aromatic heterocycles. The minimum Gasteiger partial charge on any atom is -0.322 e. The topological polar surface area (TPSA) is 26.3 Å². The van der Waals surface area contributed by atoms with Crippen molar-refractivity contribution in [2.45, 2.75) is 13.3 Å². The molecule has 0 fully saturated rings. The molecule has 0 aliphatic carbocycles. The molecule has 1 aromatic rings. The van der Waals surface area contributed by atoms with E-state index >= 15 is 0 Å². The first-order chi connectivity index (χ1) is 7.23. The van der Waals surface area contributed by atoms with Crippen LogP contribution in [-0.4, -0.2) is 6.61 Å². The third kappa shape index (κ3) is 3.49. The monoisotopic (exact) mass is 244 g/mol. The first kappa shape index (κ1) is 12.5. The fraction of sp³-hybridized carbons (Fsp3) is 0.273. The van der Waals surface area contributed by atoms with E-state index in [1.165, 1.54) is 11.4 Å². The first-order valence-corrected chi connectivity index (χ1v) is 6.94. The van der Waals surface area contributed by atoms with Crippen LogP contribution >= 0.6 is 19.0 Å². The molecule has 1 aromatic carbocycles. The lowest BCUT2D eigenvalue weighted by atomic mass is 10.4. The molecule has 0 amide bonds. The van der Waals surface area contributed by atoms with Crippen LogP contribution in [0.4, 0.5) is 0 Å². The minimum atomic E-state index is -2.90. The van der Waals surface area contributed by atoms with Crippen LogP contribution in [0.1, 0.15) is 13.3 Å². The predicted molar refractivity (Wildman–Crippen MR) is 64.9 cm³/mol. The van der Waals surface area contributed by atoms with E-state index < -0.39 is 7.37 Å². The van der Waals surface area contributed by atoms with Crippen molar-refractivity contribution in [1.29, 1.82) is 0 Å². The summed E-state index contributed by atoms with van der Waals surface area (Å²) in [6.45, 7) is 2.44. The second kappa shape index (κ2) is 6.12. The quantitative estimate of drug-likeness (QED) is 0.738. The fourth-order valence-corrected chi connectivity index (χ4v) is 3.18. The highest BCUT2D eigenvalue weighted by Crippen LogP contribution is 2.47. The van der Waals surface area contributed by atoms with E-state index in [2.05, 4.69) is 0 Å². The lowest BCUT2D eigenvalue weighted by Gasteiger charge is -2.14. The molecule has 0 aliphatic heterocycles. The number of rotatable bonds is 5. The van der Waals surface area contributed by atoms with Crippen molar-refractivity contribution in [2.24, 2.45) is 0 Å². The van der Waals surface area contributed by atoms with Gasteiger partial charge in [-0.05, 0) is 18.6 Å². The maximum Gasteiger partial charge on any atom is 0.255 e. The molecule has 1 rings (SSSR count). The summed E-state index contributed by atoms with van der Waals surface area (Å²) >= 11 is 5.48. The lowest BCUT2D eigenvalue weighted by molar-refractivity contribution is 0.326. The number of hydrogen-bond donors (Lipinski definition) is 0. The minimum absolute atomic E-state index is 0.466. The normalized spacial score (nSPS) is 15.3. The van der Waals surface area contributed by atoms with Crippen LogP contribution in [0.25, 0.3) is 0 Å². The predicted octanol–water partition coefficient (Wildman–Crippen LogP) is 3.73. The molecule has 4 heteroatoms. The highest BCUT2D eigenvalue weighted by atomic mass is 35.5. The van der Waals surface area contributed by atoms with Crippen LogP contribution in [0.3, 0.4) is 0 Å². The van der Waals surface area contributed by atoms with Gasteiger partial charge in [-0.2, -0.15) is 0 Å². The summed E-state index contributed by atoms with van der Waals surface area (Å²) in [6.07, 6.45) is 0.826. The molecule has 0 saturated carbocycles. The van der Waals surface area contributed by atoms with Gasteiger partial charge in [0.05, 0.1) is 6.61 Å². The largest absolute Gasteiger partial charge is 0.322 e. The Bertz CT molecular complexity index is 362. The molecule has 2 nitrogen and oxygen atoms in total. The third-order valence-electron chi connectivity index (χ3n) is 1.86. The summed E-state index contributed by atoms with van der Waals surface area (Å²) in [6, 6.07) is 9.11. The molecular formula is C11H14ClO2P. The Morgan fingerprint density at radius 1 is 1.40 bits per heavy atom. The van der Waals surface area contributed by atoms with Crippen LogP contribution in [0.15, 0.2) is 41.7 Å². The van der Waals surface area contributed by atoms with Gasteiger partial charge in [0.15, 0.2) is 0 Å². The number of halogens is 1. The average molecular weight is 245 g/mol. The molecule has 15 heavy (non-hydrogen) atoms. The van der Waals surface area contributed by atoms with E-state index in [1.807, 2.05) is 25.1 Å². The van der Waals surface area contributed by atoms with E-state index in [0.717, 1.165) is 6.42 Å². The summed E-state index contributed by atoms with van der Waals surface area (Å²) in [5, 5.41) is 0.676. The molecule has 0 saturated heterocycles. The van der Waals surface area contributed by atoms with Gasteiger partial charge >= 0.3 is 0 Å². The van der Waals surface area contributed by atoms with Gasteiger partial charge < -0.3 is 4.52 Å². The smallest absolute Gasteiger partial charge is 0.255 e. The van der Waals surface area contributed by atoms with Gasteiger partial charge in [-0.3, -0.25) is 4.57 Å². The second-order valence-corrected chi connectivity index (χ2v) is 5.56. The summed E-state index contributed by atoms with van der Waals surface area (Å²) < 4.78 is 17.8. The zero-order valence-corrected chi connectivity index (χ0v) is 10.2. The molecule has 0 bridgehead atoms. The van der Waals surface area contributed by atoms with Crippen molar-refractivity contribution in [3.63, 3.8) is 0 Å². The lowest BCUT2D eigenvalue weighted by Crippen LogP contribution is -2.05. The Hall–Kier alpha value is -0.560. The molecule has 0 radical (unpaired) electrons. The number of hydrogen-bond acceptors (Lipinski definition) is 2. The van der Waals surface area contributed by atoms with Crippen molar-refractivity contribution in [3.05, 3.63) is 41.7 Å². The summed E-state index contributed by atoms with van der Waals surface area (Å²) in [4.78, 5) is 0. The van der Waals surface area contributed by atoms with Crippen molar-refractivity contribution < 1.29 is 9.09 Å². The zero-order valence-electron chi connectivity index (χ0n) is 8.60. The molecule has 0 aliphatic rings. The van der Waals surface area contributed by atoms with Gasteiger partial charge in [0, 0.05) is 16.7 Å². The van der Waals surface area contributed by atoms with Gasteiger partial charge in [0.1, 0.15) is 0 Å². The van der Waals surface area contributed by atoms with Gasteiger partial charge in [-0.1, -0.05) is 36.7 Å². The van der Waals surface area contributed by atoms with Gasteiger partial charge in [0.25, 0.3) is 7.37 Å². The van der Waals surface area contributed by atoms with Crippen LogP contribution < -0.4 is 5.30 Å². The zero-order chi connectivity index (χ0) is 11.1. The Morgan fingerprint density at radius 3 is 2.60 bits per heavy atom. The Labute approximate surface area is 95.4 Å². The van der Waals surface area contributed by atoms with Crippen LogP contribution in [0, 0.1) is 0 Å². The molecule has 1 unspecified atom stereocenters. The Morgan fingerprint density at radius 2 is 2.07 bits per heavy atom. The van der Waals surface area contributed by atoms with Crippen molar-refractivity contribution in [3.8, 4) is 0 Å². The second-order valence-electron chi connectivity index (χ2n) is 3.04. The summed E-state index contributed by atoms with van der Waals surface area (Å²) in [5.41, 5.74) is 1.25. The maximum atomic E-state index is 12.4. The van der Waals surface area contributed by atoms with Crippen molar-refractivity contribution in [2.75, 3.05) is 6.61 Å². The van der Waals surface area contributed by atoms with Crippen LogP contribution in [-0.2, 0) is 9.09 Å². The van der Waals surface area contributed by atoms with E-state index in [0.29, 0.717) is 11.9 Å². The molecule has 82 valence electrons. The van der Waals surface area contributed by atoms with Gasteiger partial charge in [-0.25, -0.2) is 0 Å². The number of benzene rings is 1. The summed E-state index contributed by atoms with van der Waals surface area (Å²) in [7, 11) is -2.90. The molecule has 0 N–H and O–H groups in total. The van der Waals surface area contributed by atoms with Crippen LogP contribution in [0.5, 0.6) is 0 Å². The van der Waals surface area contributed by atoms with Crippen molar-refractivity contribution >= 4 is 24.3 Å². The highest BCUT2D eigenvalue weighted by Gasteiger charge is 2.21. The Balaban J connectivity index is 2.96. The van der Waals surface area contributed by atoms with Crippen molar-refractivity contribution in [1.82, 2.24) is 0 Å².